The fourth-order valence-electron chi connectivity index (χ4n) is 3.04. The highest BCUT2D eigenvalue weighted by Gasteiger charge is 2.30. The summed E-state index contributed by atoms with van der Waals surface area (Å²) in [5, 5.41) is 20.3. The molecule has 3 rings (SSSR count). The van der Waals surface area contributed by atoms with Crippen LogP contribution in [0, 0.1) is 28.4 Å². The Morgan fingerprint density at radius 1 is 1.07 bits per heavy atom. The van der Waals surface area contributed by atoms with E-state index in [1.165, 1.54) is 16.4 Å². The van der Waals surface area contributed by atoms with Crippen molar-refractivity contribution in [1.29, 1.82) is 5.26 Å². The maximum atomic E-state index is 12.8. The monoisotopic (exact) mass is 386 g/mol. The lowest BCUT2D eigenvalue weighted by Crippen LogP contribution is -2.48. The van der Waals surface area contributed by atoms with Crippen LogP contribution in [0.25, 0.3) is 0 Å². The van der Waals surface area contributed by atoms with Gasteiger partial charge >= 0.3 is 0 Å². The Bertz CT molecular complexity index is 1000. The van der Waals surface area contributed by atoms with Gasteiger partial charge in [-0.3, -0.25) is 10.1 Å². The summed E-state index contributed by atoms with van der Waals surface area (Å²) in [6.45, 7) is 3.01. The van der Waals surface area contributed by atoms with E-state index < -0.39 is 14.9 Å². The summed E-state index contributed by atoms with van der Waals surface area (Å²) in [7, 11) is -3.59. The van der Waals surface area contributed by atoms with E-state index in [0.717, 1.165) is 5.56 Å². The van der Waals surface area contributed by atoms with E-state index in [1.54, 1.807) is 35.2 Å². The molecule has 0 radical (unpaired) electrons. The lowest BCUT2D eigenvalue weighted by atomic mass is 10.1. The van der Waals surface area contributed by atoms with Gasteiger partial charge in [-0.1, -0.05) is 17.7 Å². The summed E-state index contributed by atoms with van der Waals surface area (Å²) >= 11 is 0. The molecule has 140 valence electrons. The first-order valence-electron chi connectivity index (χ1n) is 8.33. The molecule has 2 aromatic rings. The number of benzene rings is 2. The maximum Gasteiger partial charge on any atom is 0.293 e. The molecule has 0 unspecified atom stereocenters. The van der Waals surface area contributed by atoms with Gasteiger partial charge in [0.15, 0.2) is 0 Å². The Labute approximate surface area is 157 Å². The quantitative estimate of drug-likeness (QED) is 0.589. The molecule has 0 amide bonds. The van der Waals surface area contributed by atoms with Gasteiger partial charge in [-0.2, -0.15) is 9.57 Å². The number of nitro benzene ring substituents is 1. The Morgan fingerprint density at radius 3 is 2.26 bits per heavy atom. The van der Waals surface area contributed by atoms with Crippen LogP contribution in [-0.2, 0) is 10.0 Å². The number of nitro groups is 1. The topological polar surface area (TPSA) is 108 Å². The normalized spacial score (nSPS) is 15.3. The number of rotatable bonds is 4. The van der Waals surface area contributed by atoms with Crippen LogP contribution in [0.15, 0.2) is 47.4 Å². The fraction of sp³-hybridized carbons (Fsp3) is 0.278. The first-order valence-corrected chi connectivity index (χ1v) is 9.77. The van der Waals surface area contributed by atoms with E-state index in [1.807, 2.05) is 13.0 Å². The summed E-state index contributed by atoms with van der Waals surface area (Å²) in [6.07, 6.45) is 0. The van der Waals surface area contributed by atoms with E-state index >= 15 is 0 Å². The average molecular weight is 386 g/mol. The SMILES string of the molecule is Cc1ccc(S(=O)(=O)N2CCN(c3ccc(C#N)cc3[N+](=O)[O-])CC2)cc1. The smallest absolute Gasteiger partial charge is 0.293 e. The molecule has 0 bridgehead atoms. The average Bonchev–Trinajstić information content (AvgIpc) is 2.68. The number of aryl methyl sites for hydroxylation is 1. The van der Waals surface area contributed by atoms with Crippen LogP contribution in [0.5, 0.6) is 0 Å². The Balaban J connectivity index is 1.79. The number of hydrogen-bond donors (Lipinski definition) is 0. The number of anilines is 1. The van der Waals surface area contributed by atoms with Crippen molar-refractivity contribution in [3.8, 4) is 6.07 Å². The molecule has 9 heteroatoms. The van der Waals surface area contributed by atoms with Crippen LogP contribution >= 0.6 is 0 Å². The van der Waals surface area contributed by atoms with Gasteiger partial charge in [-0.15, -0.1) is 0 Å². The molecule has 0 spiro atoms. The van der Waals surface area contributed by atoms with E-state index in [2.05, 4.69) is 0 Å². The summed E-state index contributed by atoms with van der Waals surface area (Å²) in [6, 6.07) is 12.9. The number of nitriles is 1. The predicted octanol–water partition coefficient (Wildman–Crippen LogP) is 2.29. The minimum absolute atomic E-state index is 0.149. The zero-order valence-corrected chi connectivity index (χ0v) is 15.5. The third-order valence-electron chi connectivity index (χ3n) is 4.54. The van der Waals surface area contributed by atoms with E-state index in [9.17, 15) is 18.5 Å². The minimum atomic E-state index is -3.59. The molecule has 0 aliphatic carbocycles. The van der Waals surface area contributed by atoms with Crippen molar-refractivity contribution in [3.63, 3.8) is 0 Å². The first kappa shape index (κ1) is 18.8. The zero-order valence-electron chi connectivity index (χ0n) is 14.7. The van der Waals surface area contributed by atoms with Gasteiger partial charge in [0.1, 0.15) is 5.69 Å². The largest absolute Gasteiger partial charge is 0.363 e. The van der Waals surface area contributed by atoms with Crippen molar-refractivity contribution < 1.29 is 13.3 Å². The van der Waals surface area contributed by atoms with Gasteiger partial charge in [-0.05, 0) is 31.2 Å². The van der Waals surface area contributed by atoms with Crippen LogP contribution in [-0.4, -0.2) is 43.8 Å². The molecule has 1 heterocycles. The lowest BCUT2D eigenvalue weighted by molar-refractivity contribution is -0.384. The highest BCUT2D eigenvalue weighted by Crippen LogP contribution is 2.30. The van der Waals surface area contributed by atoms with E-state index in [0.29, 0.717) is 18.8 Å². The number of sulfonamides is 1. The predicted molar refractivity (Wildman–Crippen MR) is 100.0 cm³/mol. The van der Waals surface area contributed by atoms with Crippen LogP contribution < -0.4 is 4.90 Å². The first-order chi connectivity index (χ1) is 12.8. The van der Waals surface area contributed by atoms with Gasteiger partial charge in [-0.25, -0.2) is 8.42 Å². The molecule has 27 heavy (non-hydrogen) atoms. The molecule has 0 aromatic heterocycles. The number of piperazine rings is 1. The van der Waals surface area contributed by atoms with Crippen molar-refractivity contribution in [1.82, 2.24) is 4.31 Å². The molecular formula is C18H18N4O4S. The summed E-state index contributed by atoms with van der Waals surface area (Å²) < 4.78 is 26.9. The minimum Gasteiger partial charge on any atom is -0.363 e. The molecule has 1 fully saturated rings. The van der Waals surface area contributed by atoms with Gasteiger partial charge < -0.3 is 4.90 Å². The Morgan fingerprint density at radius 2 is 1.70 bits per heavy atom. The number of nitrogens with zero attached hydrogens (tertiary/aromatic N) is 4. The van der Waals surface area contributed by atoms with Crippen LogP contribution in [0.3, 0.4) is 0 Å². The van der Waals surface area contributed by atoms with Crippen molar-refractivity contribution in [2.75, 3.05) is 31.1 Å². The molecule has 1 aliphatic rings. The third kappa shape index (κ3) is 3.77. The molecule has 2 aromatic carbocycles. The molecule has 0 atom stereocenters. The standard InChI is InChI=1S/C18H18N4O4S/c1-14-2-5-16(6-3-14)27(25,26)21-10-8-20(9-11-21)17-7-4-15(13-19)12-18(17)22(23)24/h2-7,12H,8-11H2,1H3. The van der Waals surface area contributed by atoms with E-state index in [4.69, 9.17) is 5.26 Å². The molecule has 0 N–H and O–H groups in total. The van der Waals surface area contributed by atoms with Gasteiger partial charge in [0.2, 0.25) is 10.0 Å². The van der Waals surface area contributed by atoms with Gasteiger partial charge in [0, 0.05) is 32.2 Å². The second-order valence-electron chi connectivity index (χ2n) is 6.28. The molecule has 1 aliphatic heterocycles. The van der Waals surface area contributed by atoms with Gasteiger partial charge in [0.05, 0.1) is 21.5 Å². The summed E-state index contributed by atoms with van der Waals surface area (Å²) in [5.41, 5.74) is 1.44. The second-order valence-corrected chi connectivity index (χ2v) is 8.21. The highest BCUT2D eigenvalue weighted by atomic mass is 32.2. The second kappa shape index (κ2) is 7.34. The van der Waals surface area contributed by atoms with Crippen molar-refractivity contribution in [2.24, 2.45) is 0 Å². The Kier molecular flexibility index (Phi) is 5.12. The van der Waals surface area contributed by atoms with Crippen molar-refractivity contribution in [3.05, 3.63) is 63.7 Å². The lowest BCUT2D eigenvalue weighted by Gasteiger charge is -2.35. The zero-order chi connectivity index (χ0) is 19.6. The van der Waals surface area contributed by atoms with Gasteiger partial charge in [0.25, 0.3) is 5.69 Å². The number of hydrogen-bond acceptors (Lipinski definition) is 6. The highest BCUT2D eigenvalue weighted by molar-refractivity contribution is 7.89. The summed E-state index contributed by atoms with van der Waals surface area (Å²) in [5.74, 6) is 0. The van der Waals surface area contributed by atoms with Crippen LogP contribution in [0.4, 0.5) is 11.4 Å². The third-order valence-corrected chi connectivity index (χ3v) is 6.45. The molecule has 0 saturated carbocycles. The van der Waals surface area contributed by atoms with E-state index in [-0.39, 0.29) is 29.2 Å². The maximum absolute atomic E-state index is 12.8. The fourth-order valence-corrected chi connectivity index (χ4v) is 4.46. The molecule has 1 saturated heterocycles. The molecule has 8 nitrogen and oxygen atoms in total. The van der Waals surface area contributed by atoms with Crippen LogP contribution in [0.2, 0.25) is 0 Å². The van der Waals surface area contributed by atoms with Crippen molar-refractivity contribution in [2.45, 2.75) is 11.8 Å². The molecular weight excluding hydrogens is 368 g/mol. The van der Waals surface area contributed by atoms with Crippen LogP contribution in [0.1, 0.15) is 11.1 Å². The summed E-state index contributed by atoms with van der Waals surface area (Å²) in [4.78, 5) is 12.8. The Hall–Kier alpha value is -2.96. The van der Waals surface area contributed by atoms with Crippen molar-refractivity contribution >= 4 is 21.4 Å².